The van der Waals surface area contributed by atoms with Crippen molar-refractivity contribution in [3.05, 3.63) is 95.6 Å². The van der Waals surface area contributed by atoms with Gasteiger partial charge in [-0.15, -0.1) is 0 Å². The lowest BCUT2D eigenvalue weighted by molar-refractivity contribution is -0.117. The molecule has 0 radical (unpaired) electrons. The van der Waals surface area contributed by atoms with E-state index >= 15 is 0 Å². The molecule has 134 valence electrons. The summed E-state index contributed by atoms with van der Waals surface area (Å²) in [6.07, 6.45) is 0. The minimum atomic E-state index is -0.521. The van der Waals surface area contributed by atoms with Crippen molar-refractivity contribution < 1.29 is 9.59 Å². The highest BCUT2D eigenvalue weighted by molar-refractivity contribution is 6.06. The van der Waals surface area contributed by atoms with Gasteiger partial charge in [-0.3, -0.25) is 9.59 Å². The van der Waals surface area contributed by atoms with E-state index in [0.29, 0.717) is 17.8 Å². The summed E-state index contributed by atoms with van der Waals surface area (Å²) in [4.78, 5) is 26.6. The first-order valence-corrected chi connectivity index (χ1v) is 8.74. The number of primary amides is 1. The number of hydrogen-bond acceptors (Lipinski definition) is 3. The van der Waals surface area contributed by atoms with Crippen LogP contribution in [0.5, 0.6) is 0 Å². The zero-order valence-corrected chi connectivity index (χ0v) is 14.6. The molecule has 5 nitrogen and oxygen atoms in total. The summed E-state index contributed by atoms with van der Waals surface area (Å²) < 4.78 is 0. The number of fused-ring (bicyclic) bond motifs is 1. The average molecular weight is 357 g/mol. The first-order valence-electron chi connectivity index (χ1n) is 8.74. The van der Waals surface area contributed by atoms with E-state index in [-0.39, 0.29) is 5.91 Å². The summed E-state index contributed by atoms with van der Waals surface area (Å²) in [5.41, 5.74) is 9.22. The number of rotatable bonds is 4. The van der Waals surface area contributed by atoms with E-state index in [1.165, 1.54) is 0 Å². The molecule has 0 unspecified atom stereocenters. The fourth-order valence-electron chi connectivity index (χ4n) is 3.44. The van der Waals surface area contributed by atoms with Crippen LogP contribution in [0.4, 0.5) is 11.4 Å². The Morgan fingerprint density at radius 3 is 2.30 bits per heavy atom. The van der Waals surface area contributed by atoms with Crippen LogP contribution in [0.1, 0.15) is 27.5 Å². The van der Waals surface area contributed by atoms with Gasteiger partial charge in [-0.05, 0) is 29.3 Å². The molecule has 4 rings (SSSR count). The van der Waals surface area contributed by atoms with Gasteiger partial charge < -0.3 is 16.0 Å². The molecule has 3 N–H and O–H groups in total. The summed E-state index contributed by atoms with van der Waals surface area (Å²) in [6, 6.07) is 24.4. The van der Waals surface area contributed by atoms with Crippen LogP contribution in [0.15, 0.2) is 78.9 Å². The molecule has 0 spiro atoms. The lowest BCUT2D eigenvalue weighted by Crippen LogP contribution is -2.41. The zero-order valence-electron chi connectivity index (χ0n) is 14.6. The minimum Gasteiger partial charge on any atom is -0.366 e. The Bertz CT molecular complexity index is 987. The van der Waals surface area contributed by atoms with E-state index in [1.54, 1.807) is 12.1 Å². The average Bonchev–Trinajstić information content (AvgIpc) is 2.69. The van der Waals surface area contributed by atoms with Gasteiger partial charge in [-0.25, -0.2) is 0 Å². The largest absolute Gasteiger partial charge is 0.366 e. The number of carbonyl (C=O) groups excluding carboxylic acids is 2. The predicted octanol–water partition coefficient (Wildman–Crippen LogP) is 3.49. The Morgan fingerprint density at radius 1 is 0.963 bits per heavy atom. The zero-order chi connectivity index (χ0) is 18.8. The van der Waals surface area contributed by atoms with Crippen molar-refractivity contribution in [3.8, 4) is 0 Å². The number of nitrogens with two attached hydrogens (primary N) is 1. The smallest absolute Gasteiger partial charge is 0.251 e. The van der Waals surface area contributed by atoms with Crippen molar-refractivity contribution in [1.29, 1.82) is 0 Å². The van der Waals surface area contributed by atoms with Crippen molar-refractivity contribution in [3.63, 3.8) is 0 Å². The van der Waals surface area contributed by atoms with E-state index in [2.05, 4.69) is 10.2 Å². The number of nitrogens with one attached hydrogen (secondary N) is 1. The van der Waals surface area contributed by atoms with Crippen LogP contribution in [-0.4, -0.2) is 11.8 Å². The second-order valence-electron chi connectivity index (χ2n) is 6.51. The van der Waals surface area contributed by atoms with E-state index in [0.717, 1.165) is 16.8 Å². The maximum atomic E-state index is 13.0. The molecular weight excluding hydrogens is 338 g/mol. The van der Waals surface area contributed by atoms with E-state index < -0.39 is 11.9 Å². The predicted molar refractivity (Wildman–Crippen MR) is 105 cm³/mol. The lowest BCUT2D eigenvalue weighted by atomic mass is 9.98. The SMILES string of the molecule is NC(=O)c1ccc2c(c1)NC(=O)[C@H](c1ccccc1)N2Cc1ccccc1. The van der Waals surface area contributed by atoms with Crippen molar-refractivity contribution in [2.24, 2.45) is 5.73 Å². The van der Waals surface area contributed by atoms with Crippen molar-refractivity contribution >= 4 is 23.2 Å². The van der Waals surface area contributed by atoms with Crippen molar-refractivity contribution in [2.45, 2.75) is 12.6 Å². The highest BCUT2D eigenvalue weighted by Crippen LogP contribution is 2.39. The van der Waals surface area contributed by atoms with Gasteiger partial charge in [0.1, 0.15) is 6.04 Å². The first-order chi connectivity index (χ1) is 13.1. The number of benzene rings is 3. The van der Waals surface area contributed by atoms with Gasteiger partial charge in [0.25, 0.3) is 5.91 Å². The first kappa shape index (κ1) is 16.8. The minimum absolute atomic E-state index is 0.133. The molecule has 0 bridgehead atoms. The van der Waals surface area contributed by atoms with E-state index in [1.807, 2.05) is 66.7 Å². The van der Waals surface area contributed by atoms with Gasteiger partial charge >= 0.3 is 0 Å². The number of carbonyl (C=O) groups is 2. The second kappa shape index (κ2) is 6.96. The molecular formula is C22H19N3O2. The summed E-state index contributed by atoms with van der Waals surface area (Å²) in [7, 11) is 0. The molecule has 5 heteroatoms. The molecule has 0 saturated heterocycles. The Morgan fingerprint density at radius 2 is 1.63 bits per heavy atom. The van der Waals surface area contributed by atoms with Gasteiger partial charge in [0.15, 0.2) is 0 Å². The molecule has 2 amide bonds. The summed E-state index contributed by atoms with van der Waals surface area (Å²) >= 11 is 0. The van der Waals surface area contributed by atoms with Crippen LogP contribution in [0.2, 0.25) is 0 Å². The molecule has 1 atom stereocenters. The number of hydrogen-bond donors (Lipinski definition) is 2. The van der Waals surface area contributed by atoms with Gasteiger partial charge in [-0.2, -0.15) is 0 Å². The van der Waals surface area contributed by atoms with Gasteiger partial charge in [0.2, 0.25) is 5.91 Å². The third kappa shape index (κ3) is 3.27. The molecule has 3 aromatic carbocycles. The van der Waals surface area contributed by atoms with Crippen molar-refractivity contribution in [2.75, 3.05) is 10.2 Å². The van der Waals surface area contributed by atoms with Crippen LogP contribution in [0.3, 0.4) is 0 Å². The molecule has 27 heavy (non-hydrogen) atoms. The molecule has 1 aliphatic rings. The topological polar surface area (TPSA) is 75.4 Å². The molecule has 0 fully saturated rings. The summed E-state index contributed by atoms with van der Waals surface area (Å²) in [6.45, 7) is 0.566. The number of anilines is 2. The Balaban J connectivity index is 1.82. The fourth-order valence-corrected chi connectivity index (χ4v) is 3.44. The van der Waals surface area contributed by atoms with Crippen molar-refractivity contribution in [1.82, 2.24) is 0 Å². The number of nitrogens with zero attached hydrogens (tertiary/aromatic N) is 1. The lowest BCUT2D eigenvalue weighted by Gasteiger charge is -2.38. The highest BCUT2D eigenvalue weighted by Gasteiger charge is 2.34. The molecule has 1 aliphatic heterocycles. The highest BCUT2D eigenvalue weighted by atomic mass is 16.2. The van der Waals surface area contributed by atoms with Crippen LogP contribution in [0.25, 0.3) is 0 Å². The molecule has 0 saturated carbocycles. The molecule has 0 aromatic heterocycles. The molecule has 3 aromatic rings. The maximum absolute atomic E-state index is 13.0. The normalized spacial score (nSPS) is 15.8. The van der Waals surface area contributed by atoms with Crippen LogP contribution in [-0.2, 0) is 11.3 Å². The van der Waals surface area contributed by atoms with E-state index in [4.69, 9.17) is 5.73 Å². The van der Waals surface area contributed by atoms with Crippen LogP contribution >= 0.6 is 0 Å². The maximum Gasteiger partial charge on any atom is 0.251 e. The van der Waals surface area contributed by atoms with E-state index in [9.17, 15) is 9.59 Å². The summed E-state index contributed by atoms with van der Waals surface area (Å²) in [5, 5.41) is 2.93. The molecule has 0 aliphatic carbocycles. The fraction of sp³-hybridized carbons (Fsp3) is 0.0909. The monoisotopic (exact) mass is 357 g/mol. The van der Waals surface area contributed by atoms with Crippen LogP contribution in [0, 0.1) is 0 Å². The third-order valence-corrected chi connectivity index (χ3v) is 4.72. The molecule has 1 heterocycles. The van der Waals surface area contributed by atoms with Gasteiger partial charge in [0, 0.05) is 12.1 Å². The Labute approximate surface area is 157 Å². The number of amides is 2. The second-order valence-corrected chi connectivity index (χ2v) is 6.51. The Hall–Kier alpha value is -3.60. The Kier molecular flexibility index (Phi) is 4.34. The van der Waals surface area contributed by atoms with Crippen LogP contribution < -0.4 is 16.0 Å². The summed E-state index contributed by atoms with van der Waals surface area (Å²) in [5.74, 6) is -0.655. The van der Waals surface area contributed by atoms with Gasteiger partial charge in [-0.1, -0.05) is 60.7 Å². The standard InChI is InChI=1S/C22H19N3O2/c23-21(26)17-11-12-19-18(13-17)24-22(27)20(16-9-5-2-6-10-16)25(19)14-15-7-3-1-4-8-15/h1-13,20H,14H2,(H2,23,26)(H,24,27)/t20-/m0/s1. The quantitative estimate of drug-likeness (QED) is 0.750. The third-order valence-electron chi connectivity index (χ3n) is 4.72. The van der Waals surface area contributed by atoms with Gasteiger partial charge in [0.05, 0.1) is 11.4 Å².